The molecule has 1 saturated heterocycles. The Morgan fingerprint density at radius 1 is 1.24 bits per heavy atom. The van der Waals surface area contributed by atoms with E-state index in [1.807, 2.05) is 19.1 Å². The van der Waals surface area contributed by atoms with E-state index in [4.69, 9.17) is 9.47 Å². The third kappa shape index (κ3) is 2.85. The molecule has 3 heteroatoms. The minimum Gasteiger partial charge on any atom is -0.381 e. The molecule has 1 aromatic rings. The molecule has 0 unspecified atom stereocenters. The predicted octanol–water partition coefficient (Wildman–Crippen LogP) is 2.91. The zero-order valence-corrected chi connectivity index (χ0v) is 10.2. The highest BCUT2D eigenvalue weighted by Crippen LogP contribution is 2.35. The van der Waals surface area contributed by atoms with Crippen LogP contribution in [-0.2, 0) is 14.9 Å². The van der Waals surface area contributed by atoms with Crippen molar-refractivity contribution in [2.24, 2.45) is 0 Å². The Labute approximate surface area is 102 Å². The molecule has 0 saturated carbocycles. The summed E-state index contributed by atoms with van der Waals surface area (Å²) in [5, 5.41) is 0. The Balaban J connectivity index is 2.21. The molecule has 94 valence electrons. The number of hydrogen-bond acceptors (Lipinski definition) is 2. The first-order valence-corrected chi connectivity index (χ1v) is 6.18. The molecule has 17 heavy (non-hydrogen) atoms. The van der Waals surface area contributed by atoms with Gasteiger partial charge in [-0.1, -0.05) is 12.1 Å². The van der Waals surface area contributed by atoms with Crippen molar-refractivity contribution >= 4 is 0 Å². The van der Waals surface area contributed by atoms with Gasteiger partial charge in [-0.2, -0.15) is 0 Å². The van der Waals surface area contributed by atoms with E-state index in [2.05, 4.69) is 0 Å². The van der Waals surface area contributed by atoms with Gasteiger partial charge >= 0.3 is 0 Å². The maximum Gasteiger partial charge on any atom is 0.123 e. The lowest BCUT2D eigenvalue weighted by atomic mass is 9.75. The molecule has 1 aromatic carbocycles. The average Bonchev–Trinajstić information content (AvgIpc) is 2.38. The highest BCUT2D eigenvalue weighted by Gasteiger charge is 2.34. The van der Waals surface area contributed by atoms with Crippen LogP contribution in [-0.4, -0.2) is 26.4 Å². The van der Waals surface area contributed by atoms with Gasteiger partial charge in [-0.05, 0) is 37.5 Å². The van der Waals surface area contributed by atoms with E-state index in [-0.39, 0.29) is 11.2 Å². The van der Waals surface area contributed by atoms with Gasteiger partial charge in [0.05, 0.1) is 6.61 Å². The number of rotatable bonds is 4. The topological polar surface area (TPSA) is 18.5 Å². The van der Waals surface area contributed by atoms with Crippen molar-refractivity contribution in [2.45, 2.75) is 25.2 Å². The smallest absolute Gasteiger partial charge is 0.123 e. The van der Waals surface area contributed by atoms with E-state index in [9.17, 15) is 4.39 Å². The van der Waals surface area contributed by atoms with Crippen LogP contribution < -0.4 is 0 Å². The first kappa shape index (κ1) is 12.5. The Hall–Kier alpha value is -0.930. The molecule has 0 spiro atoms. The summed E-state index contributed by atoms with van der Waals surface area (Å²) in [6, 6.07) is 6.80. The van der Waals surface area contributed by atoms with Crippen LogP contribution in [0.2, 0.25) is 0 Å². The van der Waals surface area contributed by atoms with E-state index >= 15 is 0 Å². The fourth-order valence-electron chi connectivity index (χ4n) is 2.38. The Morgan fingerprint density at radius 2 is 1.88 bits per heavy atom. The van der Waals surface area contributed by atoms with Crippen molar-refractivity contribution in [3.8, 4) is 0 Å². The van der Waals surface area contributed by atoms with Crippen molar-refractivity contribution in [1.29, 1.82) is 0 Å². The Bertz CT molecular complexity index is 342. The van der Waals surface area contributed by atoms with Crippen LogP contribution in [0, 0.1) is 5.82 Å². The predicted molar refractivity (Wildman–Crippen MR) is 64.6 cm³/mol. The van der Waals surface area contributed by atoms with Crippen molar-refractivity contribution in [3.63, 3.8) is 0 Å². The second-order valence-electron chi connectivity index (χ2n) is 4.54. The van der Waals surface area contributed by atoms with Gasteiger partial charge in [0.2, 0.25) is 0 Å². The minimum atomic E-state index is -0.188. The van der Waals surface area contributed by atoms with Crippen LogP contribution in [0.5, 0.6) is 0 Å². The highest BCUT2D eigenvalue weighted by atomic mass is 19.1. The van der Waals surface area contributed by atoms with Crippen molar-refractivity contribution < 1.29 is 13.9 Å². The van der Waals surface area contributed by atoms with Crippen LogP contribution in [0.25, 0.3) is 0 Å². The Kier molecular flexibility index (Phi) is 4.13. The summed E-state index contributed by atoms with van der Waals surface area (Å²) >= 11 is 0. The molecule has 0 aliphatic carbocycles. The maximum atomic E-state index is 13.0. The first-order chi connectivity index (χ1) is 8.27. The van der Waals surface area contributed by atoms with Gasteiger partial charge in [-0.3, -0.25) is 0 Å². The van der Waals surface area contributed by atoms with E-state index in [1.54, 1.807) is 0 Å². The second-order valence-corrected chi connectivity index (χ2v) is 4.54. The summed E-state index contributed by atoms with van der Waals surface area (Å²) in [6.07, 6.45) is 1.89. The summed E-state index contributed by atoms with van der Waals surface area (Å²) in [7, 11) is 0. The van der Waals surface area contributed by atoms with E-state index in [0.717, 1.165) is 31.6 Å². The van der Waals surface area contributed by atoms with Gasteiger partial charge in [-0.15, -0.1) is 0 Å². The molecule has 0 radical (unpaired) electrons. The average molecular weight is 238 g/mol. The monoisotopic (exact) mass is 238 g/mol. The summed E-state index contributed by atoms with van der Waals surface area (Å²) < 4.78 is 24.0. The highest BCUT2D eigenvalue weighted by molar-refractivity contribution is 5.26. The fraction of sp³-hybridized carbons (Fsp3) is 0.571. The van der Waals surface area contributed by atoms with Gasteiger partial charge in [0, 0.05) is 25.2 Å². The zero-order valence-electron chi connectivity index (χ0n) is 10.2. The number of ether oxygens (including phenoxy) is 2. The number of halogens is 1. The quantitative estimate of drug-likeness (QED) is 0.803. The second kappa shape index (κ2) is 5.61. The van der Waals surface area contributed by atoms with E-state index in [0.29, 0.717) is 13.2 Å². The molecule has 1 fully saturated rings. The standard InChI is InChI=1S/C14H19FO2/c1-2-16-11-14(7-9-17-10-8-14)12-3-5-13(15)6-4-12/h3-6H,2,7-11H2,1H3. The molecule has 0 amide bonds. The lowest BCUT2D eigenvalue weighted by Gasteiger charge is -2.37. The minimum absolute atomic E-state index is 0.00194. The molecule has 0 aromatic heterocycles. The summed E-state index contributed by atoms with van der Waals surface area (Å²) in [4.78, 5) is 0. The van der Waals surface area contributed by atoms with Crippen LogP contribution in [0.15, 0.2) is 24.3 Å². The third-order valence-electron chi connectivity index (χ3n) is 3.49. The zero-order chi connectivity index (χ0) is 12.1. The SMILES string of the molecule is CCOCC1(c2ccc(F)cc2)CCOCC1. The molecular formula is C14H19FO2. The summed E-state index contributed by atoms with van der Waals surface area (Å²) in [5.74, 6) is -0.188. The molecule has 1 aliphatic rings. The maximum absolute atomic E-state index is 13.0. The third-order valence-corrected chi connectivity index (χ3v) is 3.49. The number of hydrogen-bond donors (Lipinski definition) is 0. The lowest BCUT2D eigenvalue weighted by Crippen LogP contribution is -2.38. The van der Waals surface area contributed by atoms with Crippen LogP contribution in [0.3, 0.4) is 0 Å². The van der Waals surface area contributed by atoms with Crippen molar-refractivity contribution in [3.05, 3.63) is 35.6 Å². The van der Waals surface area contributed by atoms with Crippen LogP contribution in [0.4, 0.5) is 4.39 Å². The molecule has 1 heterocycles. The molecule has 2 nitrogen and oxygen atoms in total. The Morgan fingerprint density at radius 3 is 2.47 bits per heavy atom. The molecule has 0 N–H and O–H groups in total. The molecule has 1 aliphatic heterocycles. The molecular weight excluding hydrogens is 219 g/mol. The fourth-order valence-corrected chi connectivity index (χ4v) is 2.38. The van der Waals surface area contributed by atoms with Gasteiger partial charge in [-0.25, -0.2) is 4.39 Å². The van der Waals surface area contributed by atoms with Crippen LogP contribution >= 0.6 is 0 Å². The molecule has 2 rings (SSSR count). The molecule has 0 bridgehead atoms. The van der Waals surface area contributed by atoms with Gasteiger partial charge in [0.25, 0.3) is 0 Å². The van der Waals surface area contributed by atoms with Gasteiger partial charge < -0.3 is 9.47 Å². The number of benzene rings is 1. The largest absolute Gasteiger partial charge is 0.381 e. The first-order valence-electron chi connectivity index (χ1n) is 6.18. The molecule has 0 atom stereocenters. The summed E-state index contributed by atoms with van der Waals surface area (Å²) in [5.41, 5.74) is 1.16. The summed E-state index contributed by atoms with van der Waals surface area (Å²) in [6.45, 7) is 4.91. The van der Waals surface area contributed by atoms with Crippen molar-refractivity contribution in [1.82, 2.24) is 0 Å². The normalized spacial score (nSPS) is 19.2. The van der Waals surface area contributed by atoms with Crippen LogP contribution in [0.1, 0.15) is 25.3 Å². The van der Waals surface area contributed by atoms with E-state index in [1.165, 1.54) is 12.1 Å². The lowest BCUT2D eigenvalue weighted by molar-refractivity contribution is 0.00333. The van der Waals surface area contributed by atoms with Gasteiger partial charge in [0.15, 0.2) is 0 Å². The van der Waals surface area contributed by atoms with E-state index < -0.39 is 0 Å². The van der Waals surface area contributed by atoms with Crippen molar-refractivity contribution in [2.75, 3.05) is 26.4 Å². The van der Waals surface area contributed by atoms with Gasteiger partial charge in [0.1, 0.15) is 5.82 Å².